The van der Waals surface area contributed by atoms with Crippen molar-refractivity contribution in [1.29, 1.82) is 0 Å². The summed E-state index contributed by atoms with van der Waals surface area (Å²) in [5.74, 6) is -0.449. The lowest BCUT2D eigenvalue weighted by Gasteiger charge is -1.99. The van der Waals surface area contributed by atoms with E-state index in [0.29, 0.717) is 11.3 Å². The van der Waals surface area contributed by atoms with Gasteiger partial charge in [0.05, 0.1) is 0 Å². The van der Waals surface area contributed by atoms with E-state index in [4.69, 9.17) is 9.52 Å². The number of aromatic carboxylic acids is 1. The predicted molar refractivity (Wildman–Crippen MR) is 58.4 cm³/mol. The fraction of sp³-hybridized carbons (Fsp3) is 0.167. The topological polar surface area (TPSA) is 63.3 Å². The number of carbonyl (C=O) groups is 1. The lowest BCUT2D eigenvalue weighted by molar-refractivity contribution is 0.0660. The molecule has 0 saturated heterocycles. The quantitative estimate of drug-likeness (QED) is 0.839. The van der Waals surface area contributed by atoms with Crippen LogP contribution in [0.25, 0.3) is 11.1 Å². The highest BCUT2D eigenvalue weighted by Crippen LogP contribution is 2.31. The van der Waals surface area contributed by atoms with Crippen molar-refractivity contribution in [2.75, 3.05) is 0 Å². The van der Waals surface area contributed by atoms with E-state index in [-0.39, 0.29) is 5.76 Å². The molecule has 2 rings (SSSR count). The molecule has 2 aromatic rings. The normalized spacial score (nSPS) is 10.4. The summed E-state index contributed by atoms with van der Waals surface area (Å²) in [6.07, 6.45) is 3.36. The van der Waals surface area contributed by atoms with Gasteiger partial charge in [-0.05, 0) is 19.9 Å². The van der Waals surface area contributed by atoms with Gasteiger partial charge in [-0.15, -0.1) is 0 Å². The molecule has 1 N–H and O–H groups in total. The Hall–Kier alpha value is -2.10. The second kappa shape index (κ2) is 3.81. The molecule has 16 heavy (non-hydrogen) atoms. The van der Waals surface area contributed by atoms with Gasteiger partial charge in [-0.25, -0.2) is 4.79 Å². The number of nitrogens with zero attached hydrogens (tertiary/aromatic N) is 1. The van der Waals surface area contributed by atoms with E-state index in [2.05, 4.69) is 4.98 Å². The number of aromatic nitrogens is 1. The van der Waals surface area contributed by atoms with Crippen molar-refractivity contribution in [3.8, 4) is 11.1 Å². The van der Waals surface area contributed by atoms with Gasteiger partial charge in [0.1, 0.15) is 5.76 Å². The maximum atomic E-state index is 10.9. The Labute approximate surface area is 92.6 Å². The highest BCUT2D eigenvalue weighted by atomic mass is 16.4. The van der Waals surface area contributed by atoms with Gasteiger partial charge >= 0.3 is 5.97 Å². The molecule has 0 bridgehead atoms. The summed E-state index contributed by atoms with van der Waals surface area (Å²) in [6.45, 7) is 3.49. The minimum absolute atomic E-state index is 0.00338. The number of carboxylic acids is 1. The first kappa shape index (κ1) is 10.4. The molecular formula is C12H11NO3. The molecule has 2 heterocycles. The van der Waals surface area contributed by atoms with Crippen molar-refractivity contribution in [3.63, 3.8) is 0 Å². The van der Waals surface area contributed by atoms with Crippen LogP contribution >= 0.6 is 0 Å². The fourth-order valence-electron chi connectivity index (χ4n) is 1.79. The molecule has 2 aromatic heterocycles. The van der Waals surface area contributed by atoms with Gasteiger partial charge in [0.2, 0.25) is 5.76 Å². The van der Waals surface area contributed by atoms with Gasteiger partial charge < -0.3 is 9.52 Å². The molecule has 4 nitrogen and oxygen atoms in total. The molecule has 0 radical (unpaired) electrons. The molecule has 0 spiro atoms. The van der Waals surface area contributed by atoms with Crippen molar-refractivity contribution in [3.05, 3.63) is 41.6 Å². The maximum absolute atomic E-state index is 10.9. The lowest BCUT2D eigenvalue weighted by Crippen LogP contribution is -1.95. The third-order valence-electron chi connectivity index (χ3n) is 2.47. The van der Waals surface area contributed by atoms with Gasteiger partial charge in [0.15, 0.2) is 0 Å². The van der Waals surface area contributed by atoms with Crippen molar-refractivity contribution in [2.24, 2.45) is 0 Å². The summed E-state index contributed by atoms with van der Waals surface area (Å²) < 4.78 is 5.23. The largest absolute Gasteiger partial charge is 0.475 e. The molecule has 0 aliphatic heterocycles. The Morgan fingerprint density at radius 3 is 2.69 bits per heavy atom. The van der Waals surface area contributed by atoms with Crippen LogP contribution in [-0.2, 0) is 0 Å². The van der Waals surface area contributed by atoms with Crippen LogP contribution in [-0.4, -0.2) is 16.1 Å². The smallest absolute Gasteiger partial charge is 0.372 e. The van der Waals surface area contributed by atoms with Crippen LogP contribution in [0, 0.1) is 13.8 Å². The molecule has 82 valence electrons. The summed E-state index contributed by atoms with van der Waals surface area (Å²) >= 11 is 0. The van der Waals surface area contributed by atoms with Crippen LogP contribution in [0.1, 0.15) is 21.9 Å². The van der Waals surface area contributed by atoms with Crippen molar-refractivity contribution in [2.45, 2.75) is 13.8 Å². The van der Waals surface area contributed by atoms with Crippen LogP contribution in [0.5, 0.6) is 0 Å². The van der Waals surface area contributed by atoms with Gasteiger partial charge in [-0.1, -0.05) is 6.07 Å². The second-order valence-electron chi connectivity index (χ2n) is 3.53. The van der Waals surface area contributed by atoms with E-state index in [0.717, 1.165) is 11.1 Å². The average molecular weight is 217 g/mol. The first-order valence-electron chi connectivity index (χ1n) is 4.85. The Bertz CT molecular complexity index is 529. The highest BCUT2D eigenvalue weighted by Gasteiger charge is 2.20. The van der Waals surface area contributed by atoms with Crippen molar-refractivity contribution in [1.82, 2.24) is 4.98 Å². The highest BCUT2D eigenvalue weighted by molar-refractivity contribution is 5.89. The van der Waals surface area contributed by atoms with Gasteiger partial charge in [0, 0.05) is 29.1 Å². The summed E-state index contributed by atoms with van der Waals surface area (Å²) in [4.78, 5) is 14.9. The zero-order valence-corrected chi connectivity index (χ0v) is 9.02. The minimum atomic E-state index is -1.05. The maximum Gasteiger partial charge on any atom is 0.372 e. The Kier molecular flexibility index (Phi) is 2.48. The standard InChI is InChI=1S/C12H11NO3/c1-7-10(9-4-3-5-13-6-9)8(2)16-11(7)12(14)15/h3-6H,1-2H3,(H,14,15). The predicted octanol–water partition coefficient (Wildman–Crippen LogP) is 2.66. The third-order valence-corrected chi connectivity index (χ3v) is 2.47. The molecule has 0 amide bonds. The van der Waals surface area contributed by atoms with Crippen molar-refractivity contribution >= 4 is 5.97 Å². The number of rotatable bonds is 2. The molecule has 0 aliphatic carbocycles. The van der Waals surface area contributed by atoms with E-state index < -0.39 is 5.97 Å². The first-order valence-corrected chi connectivity index (χ1v) is 4.85. The lowest BCUT2D eigenvalue weighted by atomic mass is 10.0. The molecule has 4 heteroatoms. The minimum Gasteiger partial charge on any atom is -0.475 e. The van der Waals surface area contributed by atoms with Crippen LogP contribution in [0.3, 0.4) is 0 Å². The molecule has 0 aliphatic rings. The summed E-state index contributed by atoms with van der Waals surface area (Å²) in [5.41, 5.74) is 2.32. The molecule has 0 fully saturated rings. The van der Waals surface area contributed by atoms with Crippen LogP contribution < -0.4 is 0 Å². The Morgan fingerprint density at radius 2 is 2.19 bits per heavy atom. The number of carboxylic acid groups (broad SMARTS) is 1. The number of hydrogen-bond acceptors (Lipinski definition) is 3. The monoisotopic (exact) mass is 217 g/mol. The van der Waals surface area contributed by atoms with Gasteiger partial charge in [0.25, 0.3) is 0 Å². The Balaban J connectivity index is 2.63. The average Bonchev–Trinajstić information content (AvgIpc) is 2.56. The zero-order chi connectivity index (χ0) is 11.7. The van der Waals surface area contributed by atoms with E-state index in [1.165, 1.54) is 0 Å². The van der Waals surface area contributed by atoms with Gasteiger partial charge in [-0.3, -0.25) is 4.98 Å². The summed E-state index contributed by atoms with van der Waals surface area (Å²) in [6, 6.07) is 3.69. The number of aryl methyl sites for hydroxylation is 1. The van der Waals surface area contributed by atoms with Gasteiger partial charge in [-0.2, -0.15) is 0 Å². The van der Waals surface area contributed by atoms with E-state index in [9.17, 15) is 4.79 Å². The summed E-state index contributed by atoms with van der Waals surface area (Å²) in [7, 11) is 0. The second-order valence-corrected chi connectivity index (χ2v) is 3.53. The van der Waals surface area contributed by atoms with Crippen LogP contribution in [0.4, 0.5) is 0 Å². The molecule has 0 saturated carbocycles. The molecular weight excluding hydrogens is 206 g/mol. The molecule has 0 aromatic carbocycles. The number of pyridine rings is 1. The summed E-state index contributed by atoms with van der Waals surface area (Å²) in [5, 5.41) is 8.94. The van der Waals surface area contributed by atoms with Crippen LogP contribution in [0.2, 0.25) is 0 Å². The number of hydrogen-bond donors (Lipinski definition) is 1. The first-order chi connectivity index (χ1) is 7.61. The van der Waals surface area contributed by atoms with E-state index in [1.807, 2.05) is 12.1 Å². The third kappa shape index (κ3) is 1.58. The van der Waals surface area contributed by atoms with Crippen molar-refractivity contribution < 1.29 is 14.3 Å². The van der Waals surface area contributed by atoms with Crippen LogP contribution in [0.15, 0.2) is 28.9 Å². The zero-order valence-electron chi connectivity index (χ0n) is 9.02. The van der Waals surface area contributed by atoms with E-state index in [1.54, 1.807) is 26.2 Å². The molecule has 0 atom stereocenters. The Morgan fingerprint density at radius 1 is 1.44 bits per heavy atom. The number of furan rings is 1. The SMILES string of the molecule is Cc1oc(C(=O)O)c(C)c1-c1cccnc1. The van der Waals surface area contributed by atoms with E-state index >= 15 is 0 Å². The fourth-order valence-corrected chi connectivity index (χ4v) is 1.79. The molecule has 0 unspecified atom stereocenters.